The molecule has 0 spiro atoms. The first-order chi connectivity index (χ1) is 10.8. The fraction of sp³-hybridized carbons (Fsp3) is 0.350. The largest absolute Gasteiger partial charge is 0.313 e. The number of hydrogen-bond acceptors (Lipinski definition) is 2. The molecule has 1 aromatic heterocycles. The van der Waals surface area contributed by atoms with Crippen LogP contribution in [0.1, 0.15) is 31.7 Å². The predicted molar refractivity (Wildman–Crippen MR) is 94.6 cm³/mol. The van der Waals surface area contributed by atoms with Crippen LogP contribution in [0.4, 0.5) is 0 Å². The maximum atomic E-state index is 4.16. The van der Waals surface area contributed by atoms with Gasteiger partial charge in [-0.3, -0.25) is 4.98 Å². The van der Waals surface area contributed by atoms with Gasteiger partial charge in [-0.1, -0.05) is 49.8 Å². The van der Waals surface area contributed by atoms with Gasteiger partial charge < -0.3 is 5.32 Å². The Balaban J connectivity index is 1.78. The van der Waals surface area contributed by atoms with Crippen LogP contribution in [0.3, 0.4) is 0 Å². The highest BCUT2D eigenvalue weighted by Crippen LogP contribution is 2.18. The minimum absolute atomic E-state index is 0.762. The van der Waals surface area contributed by atoms with Gasteiger partial charge in [0.2, 0.25) is 0 Å². The Hall–Kier alpha value is -1.93. The molecule has 0 fully saturated rings. The molecule has 0 saturated carbocycles. The lowest BCUT2D eigenvalue weighted by Gasteiger charge is -2.13. The van der Waals surface area contributed by atoms with Crippen molar-refractivity contribution in [2.24, 2.45) is 5.92 Å². The van der Waals surface area contributed by atoms with E-state index >= 15 is 0 Å². The van der Waals surface area contributed by atoms with Crippen LogP contribution >= 0.6 is 0 Å². The van der Waals surface area contributed by atoms with Gasteiger partial charge in [-0.25, -0.2) is 0 Å². The van der Waals surface area contributed by atoms with Gasteiger partial charge in [0.25, 0.3) is 0 Å². The number of hydrogen-bond donors (Lipinski definition) is 1. The smallest absolute Gasteiger partial charge is 0.0346 e. The molecule has 116 valence electrons. The van der Waals surface area contributed by atoms with Crippen molar-refractivity contribution in [2.45, 2.75) is 32.7 Å². The molecule has 0 saturated heterocycles. The van der Waals surface area contributed by atoms with Gasteiger partial charge in [0, 0.05) is 18.9 Å². The maximum absolute atomic E-state index is 4.16. The zero-order valence-electron chi connectivity index (χ0n) is 13.5. The molecule has 2 nitrogen and oxygen atoms in total. The Morgan fingerprint density at radius 3 is 2.64 bits per heavy atom. The van der Waals surface area contributed by atoms with E-state index in [1.54, 1.807) is 6.20 Å². The van der Waals surface area contributed by atoms with Crippen molar-refractivity contribution in [1.82, 2.24) is 10.3 Å². The summed E-state index contributed by atoms with van der Waals surface area (Å²) in [5.74, 6) is 0.762. The summed E-state index contributed by atoms with van der Waals surface area (Å²) in [4.78, 5) is 4.16. The summed E-state index contributed by atoms with van der Waals surface area (Å²) in [7, 11) is 0. The van der Waals surface area contributed by atoms with Crippen molar-refractivity contribution in [3.8, 4) is 11.1 Å². The lowest BCUT2D eigenvalue weighted by molar-refractivity contribution is 0.456. The summed E-state index contributed by atoms with van der Waals surface area (Å²) in [6.45, 7) is 8.08. The monoisotopic (exact) mass is 294 g/mol. The van der Waals surface area contributed by atoms with E-state index in [0.29, 0.717) is 0 Å². The van der Waals surface area contributed by atoms with Crippen molar-refractivity contribution in [2.75, 3.05) is 6.54 Å². The zero-order valence-corrected chi connectivity index (χ0v) is 13.5. The second-order valence-corrected chi connectivity index (χ2v) is 5.70. The van der Waals surface area contributed by atoms with E-state index < -0.39 is 0 Å². The van der Waals surface area contributed by atoms with Crippen molar-refractivity contribution < 1.29 is 0 Å². The third kappa shape index (κ3) is 5.12. The number of nitrogens with zero attached hydrogens (tertiary/aromatic N) is 1. The highest BCUT2D eigenvalue weighted by atomic mass is 14.8. The fourth-order valence-corrected chi connectivity index (χ4v) is 2.61. The van der Waals surface area contributed by atoms with Crippen LogP contribution in [0.5, 0.6) is 0 Å². The molecular weight excluding hydrogens is 268 g/mol. The van der Waals surface area contributed by atoms with Crippen LogP contribution in [-0.2, 0) is 6.54 Å². The molecule has 0 aliphatic rings. The first-order valence-corrected chi connectivity index (χ1v) is 8.14. The molecule has 22 heavy (non-hydrogen) atoms. The van der Waals surface area contributed by atoms with Crippen LogP contribution < -0.4 is 5.32 Å². The van der Waals surface area contributed by atoms with Gasteiger partial charge in [0.15, 0.2) is 0 Å². The molecule has 1 N–H and O–H groups in total. The summed E-state index contributed by atoms with van der Waals surface area (Å²) >= 11 is 0. The second kappa shape index (κ2) is 9.16. The number of allylic oxidation sites excluding steroid dienone is 1. The molecule has 2 aromatic rings. The Morgan fingerprint density at radius 1 is 1.18 bits per heavy atom. The Bertz CT molecular complexity index is 546. The lowest BCUT2D eigenvalue weighted by atomic mass is 9.98. The molecule has 0 radical (unpaired) electrons. The average Bonchev–Trinajstić information content (AvgIpc) is 2.59. The summed E-state index contributed by atoms with van der Waals surface area (Å²) in [5.41, 5.74) is 3.70. The Kier molecular flexibility index (Phi) is 6.85. The van der Waals surface area contributed by atoms with Crippen LogP contribution in [0, 0.1) is 5.92 Å². The Labute approximate surface area is 134 Å². The second-order valence-electron chi connectivity index (χ2n) is 5.70. The van der Waals surface area contributed by atoms with Gasteiger partial charge in [-0.15, -0.1) is 6.58 Å². The number of rotatable bonds is 9. The molecule has 2 rings (SSSR count). The topological polar surface area (TPSA) is 24.9 Å². The van der Waals surface area contributed by atoms with Crippen LogP contribution in [0.15, 0.2) is 61.4 Å². The minimum atomic E-state index is 0.762. The van der Waals surface area contributed by atoms with E-state index in [1.807, 2.05) is 18.3 Å². The molecule has 1 atom stereocenters. The number of benzene rings is 1. The van der Waals surface area contributed by atoms with Gasteiger partial charge in [-0.2, -0.15) is 0 Å². The Morgan fingerprint density at radius 2 is 2.00 bits per heavy atom. The van der Waals surface area contributed by atoms with E-state index in [2.05, 4.69) is 54.1 Å². The molecule has 0 aliphatic carbocycles. The number of pyridine rings is 1. The molecular formula is C20H26N2. The zero-order chi connectivity index (χ0) is 15.6. The van der Waals surface area contributed by atoms with Gasteiger partial charge in [0.05, 0.1) is 0 Å². The summed E-state index contributed by atoms with van der Waals surface area (Å²) in [6, 6.07) is 12.8. The first-order valence-electron chi connectivity index (χ1n) is 8.14. The van der Waals surface area contributed by atoms with E-state index in [1.165, 1.54) is 24.0 Å². The van der Waals surface area contributed by atoms with E-state index in [0.717, 1.165) is 31.0 Å². The molecule has 0 aliphatic heterocycles. The molecule has 0 bridgehead atoms. The van der Waals surface area contributed by atoms with Gasteiger partial charge >= 0.3 is 0 Å². The van der Waals surface area contributed by atoms with Crippen LogP contribution in [-0.4, -0.2) is 11.5 Å². The minimum Gasteiger partial charge on any atom is -0.313 e. The fourth-order valence-electron chi connectivity index (χ4n) is 2.61. The van der Waals surface area contributed by atoms with Gasteiger partial charge in [0.1, 0.15) is 0 Å². The van der Waals surface area contributed by atoms with E-state index in [9.17, 15) is 0 Å². The van der Waals surface area contributed by atoms with Crippen LogP contribution in [0.2, 0.25) is 0 Å². The van der Waals surface area contributed by atoms with Crippen molar-refractivity contribution in [3.63, 3.8) is 0 Å². The van der Waals surface area contributed by atoms with E-state index in [4.69, 9.17) is 0 Å². The van der Waals surface area contributed by atoms with Crippen molar-refractivity contribution >= 4 is 0 Å². The average molecular weight is 294 g/mol. The normalized spacial score (nSPS) is 12.0. The number of nitrogens with one attached hydrogen (secondary N) is 1. The molecule has 1 unspecified atom stereocenters. The highest BCUT2D eigenvalue weighted by molar-refractivity contribution is 5.62. The molecule has 0 amide bonds. The SMILES string of the molecule is C=CCC(CC)CCNCc1ccc(-c2cccnc2)cc1. The highest BCUT2D eigenvalue weighted by Gasteiger charge is 2.03. The molecule has 1 aromatic carbocycles. The number of aromatic nitrogens is 1. The third-order valence-corrected chi connectivity index (χ3v) is 4.08. The summed E-state index contributed by atoms with van der Waals surface area (Å²) < 4.78 is 0. The quantitative estimate of drug-likeness (QED) is 0.529. The molecule has 1 heterocycles. The van der Waals surface area contributed by atoms with Gasteiger partial charge in [-0.05, 0) is 48.1 Å². The van der Waals surface area contributed by atoms with Crippen molar-refractivity contribution in [1.29, 1.82) is 0 Å². The standard InChI is InChI=1S/C20H26N2/c1-3-6-17(4-2)12-14-22-15-18-8-10-19(11-9-18)20-7-5-13-21-16-20/h3,5,7-11,13,16-17,22H,1,4,6,12,14-15H2,2H3. The van der Waals surface area contributed by atoms with Crippen LogP contribution in [0.25, 0.3) is 11.1 Å². The summed E-state index contributed by atoms with van der Waals surface area (Å²) in [6.07, 6.45) is 9.31. The third-order valence-electron chi connectivity index (χ3n) is 4.08. The first kappa shape index (κ1) is 16.4. The van der Waals surface area contributed by atoms with Crippen molar-refractivity contribution in [3.05, 3.63) is 67.0 Å². The summed E-state index contributed by atoms with van der Waals surface area (Å²) in [5, 5.41) is 3.54. The van der Waals surface area contributed by atoms with E-state index in [-0.39, 0.29) is 0 Å². The maximum Gasteiger partial charge on any atom is 0.0346 e. The predicted octanol–water partition coefficient (Wildman–Crippen LogP) is 4.83. The molecule has 2 heteroatoms. The lowest BCUT2D eigenvalue weighted by Crippen LogP contribution is -2.17.